The summed E-state index contributed by atoms with van der Waals surface area (Å²) in [7, 11) is 1.57. The zero-order valence-corrected chi connectivity index (χ0v) is 16.9. The number of carbonyl (C=O) groups excluding carboxylic acids is 2. The fraction of sp³-hybridized carbons (Fsp3) is 0.250. The summed E-state index contributed by atoms with van der Waals surface area (Å²) in [5.74, 6) is -0.735. The number of rotatable bonds is 4. The molecule has 30 heavy (non-hydrogen) atoms. The molecule has 0 fully saturated rings. The van der Waals surface area contributed by atoms with Gasteiger partial charge in [0.15, 0.2) is 5.78 Å². The molecule has 154 valence electrons. The van der Waals surface area contributed by atoms with Gasteiger partial charge in [-0.2, -0.15) is 0 Å². The zero-order valence-electron chi connectivity index (χ0n) is 16.9. The van der Waals surface area contributed by atoms with E-state index in [2.05, 4.69) is 10.6 Å². The highest BCUT2D eigenvalue weighted by atomic mass is 19.1. The number of dihydropyridines is 1. The van der Waals surface area contributed by atoms with Crippen LogP contribution in [0.1, 0.15) is 37.7 Å². The molecule has 0 aromatic heterocycles. The monoisotopic (exact) mass is 406 g/mol. The Morgan fingerprint density at radius 1 is 1.17 bits per heavy atom. The minimum absolute atomic E-state index is 0.0308. The van der Waals surface area contributed by atoms with Crippen LogP contribution in [0.5, 0.6) is 5.75 Å². The number of ketones is 1. The first kappa shape index (κ1) is 19.9. The molecule has 1 aliphatic carbocycles. The highest BCUT2D eigenvalue weighted by molar-refractivity contribution is 6.09. The maximum Gasteiger partial charge on any atom is 0.254 e. The van der Waals surface area contributed by atoms with Crippen molar-refractivity contribution in [2.75, 3.05) is 12.4 Å². The molecule has 6 heteroatoms. The number of benzene rings is 2. The van der Waals surface area contributed by atoms with Crippen molar-refractivity contribution in [1.82, 2.24) is 5.32 Å². The minimum Gasteiger partial charge on any atom is -0.496 e. The smallest absolute Gasteiger partial charge is 0.254 e. The number of hydrogen-bond acceptors (Lipinski definition) is 4. The lowest BCUT2D eigenvalue weighted by Crippen LogP contribution is -2.35. The Balaban J connectivity index is 1.82. The summed E-state index contributed by atoms with van der Waals surface area (Å²) in [6.45, 7) is 1.83. The summed E-state index contributed by atoms with van der Waals surface area (Å²) in [5, 5.41) is 6.06. The van der Waals surface area contributed by atoms with Crippen LogP contribution in [0.25, 0.3) is 0 Å². The predicted molar refractivity (Wildman–Crippen MR) is 112 cm³/mol. The van der Waals surface area contributed by atoms with Gasteiger partial charge in [-0.15, -0.1) is 0 Å². The number of ether oxygens (including phenoxy) is 1. The van der Waals surface area contributed by atoms with Gasteiger partial charge in [-0.05, 0) is 44.0 Å². The number of hydrogen-bond donors (Lipinski definition) is 2. The van der Waals surface area contributed by atoms with Gasteiger partial charge in [0, 0.05) is 40.2 Å². The SMILES string of the molecule is COc1ccccc1[C@H]1C(C(=O)Nc2cccc(F)c2)=C(C)NC2=C1C(=O)CCC2. The molecule has 1 atom stereocenters. The maximum absolute atomic E-state index is 13.6. The number of amides is 1. The first-order chi connectivity index (χ1) is 14.5. The number of methoxy groups -OCH3 is 1. The normalized spacial score (nSPS) is 18.6. The number of halogens is 1. The van der Waals surface area contributed by atoms with Crippen molar-refractivity contribution in [2.45, 2.75) is 32.1 Å². The standard InChI is InChI=1S/C24H23FN2O3/c1-14-21(24(29)27-16-8-5-7-15(25)13-16)22(17-9-3-4-12-20(17)30-2)23-18(26-14)10-6-11-19(23)28/h3-5,7-9,12-13,22,26H,6,10-11H2,1-2H3,(H,27,29)/t22-/m0/s1. The molecule has 1 amide bonds. The fourth-order valence-electron chi connectivity index (χ4n) is 4.26. The van der Waals surface area contributed by atoms with E-state index in [9.17, 15) is 14.0 Å². The summed E-state index contributed by atoms with van der Waals surface area (Å²) < 4.78 is 19.2. The largest absolute Gasteiger partial charge is 0.496 e. The topological polar surface area (TPSA) is 67.4 Å². The quantitative estimate of drug-likeness (QED) is 0.788. The second-order valence-electron chi connectivity index (χ2n) is 7.47. The van der Waals surface area contributed by atoms with E-state index in [0.29, 0.717) is 34.7 Å². The van der Waals surface area contributed by atoms with Gasteiger partial charge in [-0.25, -0.2) is 4.39 Å². The van der Waals surface area contributed by atoms with Crippen molar-refractivity contribution in [2.24, 2.45) is 0 Å². The van der Waals surface area contributed by atoms with E-state index in [1.54, 1.807) is 13.2 Å². The number of Topliss-reactive ketones (excluding diaryl/α,β-unsaturated/α-hetero) is 1. The summed E-state index contributed by atoms with van der Waals surface area (Å²) in [5.41, 5.74) is 3.69. The lowest BCUT2D eigenvalue weighted by Gasteiger charge is -2.35. The van der Waals surface area contributed by atoms with E-state index in [0.717, 1.165) is 24.1 Å². The Bertz CT molecular complexity index is 1090. The molecule has 2 aromatic rings. The molecule has 1 heterocycles. The third-order valence-corrected chi connectivity index (χ3v) is 5.55. The van der Waals surface area contributed by atoms with E-state index >= 15 is 0 Å². The predicted octanol–water partition coefficient (Wildman–Crippen LogP) is 4.44. The Hall–Kier alpha value is -3.41. The van der Waals surface area contributed by atoms with Gasteiger partial charge < -0.3 is 15.4 Å². The molecule has 0 saturated heterocycles. The second kappa shape index (κ2) is 8.14. The maximum atomic E-state index is 13.6. The van der Waals surface area contributed by atoms with Crippen molar-refractivity contribution in [3.05, 3.63) is 82.5 Å². The van der Waals surface area contributed by atoms with Crippen molar-refractivity contribution >= 4 is 17.4 Å². The van der Waals surface area contributed by atoms with E-state index in [-0.39, 0.29) is 11.7 Å². The fourth-order valence-corrected chi connectivity index (χ4v) is 4.26. The minimum atomic E-state index is -0.557. The van der Waals surface area contributed by atoms with Gasteiger partial charge in [-0.1, -0.05) is 24.3 Å². The van der Waals surface area contributed by atoms with Gasteiger partial charge in [0.2, 0.25) is 0 Å². The highest BCUT2D eigenvalue weighted by Gasteiger charge is 2.39. The molecule has 5 nitrogen and oxygen atoms in total. The number of carbonyl (C=O) groups is 2. The van der Waals surface area contributed by atoms with Gasteiger partial charge in [0.1, 0.15) is 11.6 Å². The average Bonchev–Trinajstić information content (AvgIpc) is 2.72. The van der Waals surface area contributed by atoms with E-state index in [1.807, 2.05) is 31.2 Å². The van der Waals surface area contributed by atoms with E-state index < -0.39 is 11.7 Å². The first-order valence-corrected chi connectivity index (χ1v) is 9.93. The molecule has 0 spiro atoms. The van der Waals surface area contributed by atoms with E-state index in [1.165, 1.54) is 18.2 Å². The van der Waals surface area contributed by atoms with Gasteiger partial charge in [0.05, 0.1) is 13.0 Å². The first-order valence-electron chi connectivity index (χ1n) is 9.93. The number of nitrogens with one attached hydrogen (secondary N) is 2. The molecule has 0 saturated carbocycles. The Morgan fingerprint density at radius 3 is 2.73 bits per heavy atom. The second-order valence-corrected chi connectivity index (χ2v) is 7.47. The van der Waals surface area contributed by atoms with Crippen LogP contribution in [0.3, 0.4) is 0 Å². The van der Waals surface area contributed by atoms with Gasteiger partial charge >= 0.3 is 0 Å². The van der Waals surface area contributed by atoms with Gasteiger partial charge in [-0.3, -0.25) is 9.59 Å². The lowest BCUT2D eigenvalue weighted by molar-refractivity contribution is -0.116. The molecular formula is C24H23FN2O3. The Morgan fingerprint density at radius 2 is 1.97 bits per heavy atom. The van der Waals surface area contributed by atoms with Crippen LogP contribution in [0.4, 0.5) is 10.1 Å². The molecule has 1 aliphatic heterocycles. The van der Waals surface area contributed by atoms with Crippen molar-refractivity contribution in [3.63, 3.8) is 0 Å². The summed E-state index contributed by atoms with van der Waals surface area (Å²) >= 11 is 0. The van der Waals surface area contributed by atoms with Crippen LogP contribution in [-0.2, 0) is 9.59 Å². The molecule has 0 radical (unpaired) electrons. The summed E-state index contributed by atoms with van der Waals surface area (Å²) in [4.78, 5) is 26.3. The number of para-hydroxylation sites is 1. The average molecular weight is 406 g/mol. The van der Waals surface area contributed by atoms with Crippen molar-refractivity contribution < 1.29 is 18.7 Å². The van der Waals surface area contributed by atoms with Crippen LogP contribution in [0, 0.1) is 5.82 Å². The van der Waals surface area contributed by atoms with Crippen molar-refractivity contribution in [3.8, 4) is 5.75 Å². The molecule has 2 aliphatic rings. The van der Waals surface area contributed by atoms with Crippen LogP contribution in [0.15, 0.2) is 71.1 Å². The summed E-state index contributed by atoms with van der Waals surface area (Å²) in [6, 6.07) is 13.2. The molecular weight excluding hydrogens is 383 g/mol. The lowest BCUT2D eigenvalue weighted by atomic mass is 9.74. The molecule has 0 bridgehead atoms. The molecule has 2 N–H and O–H groups in total. The van der Waals surface area contributed by atoms with Crippen LogP contribution in [-0.4, -0.2) is 18.8 Å². The number of anilines is 1. The Kier molecular flexibility index (Phi) is 5.40. The molecule has 4 rings (SSSR count). The van der Waals surface area contributed by atoms with E-state index in [4.69, 9.17) is 4.74 Å². The van der Waals surface area contributed by atoms with Crippen molar-refractivity contribution in [1.29, 1.82) is 0 Å². The molecule has 0 unspecified atom stereocenters. The number of allylic oxidation sites excluding steroid dienone is 3. The Labute approximate surface area is 174 Å². The zero-order chi connectivity index (χ0) is 21.3. The van der Waals surface area contributed by atoms with Crippen LogP contribution >= 0.6 is 0 Å². The third-order valence-electron chi connectivity index (χ3n) is 5.55. The van der Waals surface area contributed by atoms with Gasteiger partial charge in [0.25, 0.3) is 5.91 Å². The summed E-state index contributed by atoms with van der Waals surface area (Å²) in [6.07, 6.45) is 1.98. The van der Waals surface area contributed by atoms with Crippen LogP contribution < -0.4 is 15.4 Å². The third kappa shape index (κ3) is 3.61. The molecule has 2 aromatic carbocycles. The van der Waals surface area contributed by atoms with Crippen LogP contribution in [0.2, 0.25) is 0 Å². The highest BCUT2D eigenvalue weighted by Crippen LogP contribution is 2.45.